The number of aryl methyl sites for hydroxylation is 1. The van der Waals surface area contributed by atoms with Gasteiger partial charge in [-0.1, -0.05) is 0 Å². The molecule has 24 heavy (non-hydrogen) atoms. The van der Waals surface area contributed by atoms with Crippen LogP contribution in [0.1, 0.15) is 16.7 Å². The van der Waals surface area contributed by atoms with Gasteiger partial charge in [0.15, 0.2) is 5.96 Å². The number of carbonyl (C=O) groups is 1. The second-order valence-corrected chi connectivity index (χ2v) is 6.85. The van der Waals surface area contributed by atoms with Crippen LogP contribution in [0.4, 0.5) is 5.69 Å². The summed E-state index contributed by atoms with van der Waals surface area (Å²) in [6.45, 7) is 4.34. The second kappa shape index (κ2) is 9.02. The maximum Gasteiger partial charge on any atom is 0.243 e. The maximum absolute atomic E-state index is 11.9. The lowest BCUT2D eigenvalue weighted by molar-refractivity contribution is -0.115. The fourth-order valence-corrected chi connectivity index (χ4v) is 3.20. The van der Waals surface area contributed by atoms with Crippen molar-refractivity contribution in [3.05, 3.63) is 46.4 Å². The molecule has 1 atom stereocenters. The lowest BCUT2D eigenvalue weighted by Gasteiger charge is -2.17. The van der Waals surface area contributed by atoms with E-state index >= 15 is 0 Å². The van der Waals surface area contributed by atoms with E-state index in [1.807, 2.05) is 0 Å². The number of nitrogens with one attached hydrogen (secondary N) is 3. The second-order valence-electron chi connectivity index (χ2n) is 5.48. The fourth-order valence-electron chi connectivity index (χ4n) is 2.18. The molecule has 2 aromatic heterocycles. The summed E-state index contributed by atoms with van der Waals surface area (Å²) in [4.78, 5) is 22.7. The summed E-state index contributed by atoms with van der Waals surface area (Å²) in [5.41, 5.74) is 0.675. The molecule has 6 nitrogen and oxygen atoms in total. The molecule has 0 fully saturated rings. The lowest BCUT2D eigenvalue weighted by Crippen LogP contribution is -2.45. The summed E-state index contributed by atoms with van der Waals surface area (Å²) in [6, 6.07) is 8.06. The molecule has 0 aromatic carbocycles. The van der Waals surface area contributed by atoms with Crippen LogP contribution in [-0.4, -0.2) is 36.5 Å². The van der Waals surface area contributed by atoms with Gasteiger partial charge in [-0.05, 0) is 38.1 Å². The van der Waals surface area contributed by atoms with Crippen molar-refractivity contribution in [2.75, 3.05) is 18.9 Å². The van der Waals surface area contributed by atoms with Crippen LogP contribution in [0.2, 0.25) is 0 Å². The average molecular weight is 345 g/mol. The normalized spacial score (nSPS) is 12.5. The van der Waals surface area contributed by atoms with E-state index in [0.717, 1.165) is 6.42 Å². The van der Waals surface area contributed by atoms with Gasteiger partial charge in [-0.3, -0.25) is 14.8 Å². The molecule has 2 rings (SSSR count). The Morgan fingerprint density at radius 3 is 2.83 bits per heavy atom. The molecule has 1 unspecified atom stereocenters. The van der Waals surface area contributed by atoms with Crippen LogP contribution in [0.5, 0.6) is 0 Å². The zero-order valence-corrected chi connectivity index (χ0v) is 15.0. The Morgan fingerprint density at radius 2 is 2.21 bits per heavy atom. The standard InChI is InChI=1S/C17H23N5OS/c1-12(9-15-7-6-13(2)24-15)21-17(18-3)20-11-16(23)22-14-5-4-8-19-10-14/h4-8,10,12H,9,11H2,1-3H3,(H,22,23)(H2,18,20,21). The van der Waals surface area contributed by atoms with Crippen molar-refractivity contribution in [1.82, 2.24) is 15.6 Å². The van der Waals surface area contributed by atoms with Crippen molar-refractivity contribution < 1.29 is 4.79 Å². The van der Waals surface area contributed by atoms with E-state index in [9.17, 15) is 4.79 Å². The smallest absolute Gasteiger partial charge is 0.243 e. The van der Waals surface area contributed by atoms with Gasteiger partial charge in [-0.2, -0.15) is 0 Å². The molecule has 3 N–H and O–H groups in total. The highest BCUT2D eigenvalue weighted by Crippen LogP contribution is 2.16. The van der Waals surface area contributed by atoms with Crippen molar-refractivity contribution in [2.45, 2.75) is 26.3 Å². The Labute approximate surface area is 146 Å². The topological polar surface area (TPSA) is 78.4 Å². The van der Waals surface area contributed by atoms with Gasteiger partial charge in [-0.15, -0.1) is 11.3 Å². The van der Waals surface area contributed by atoms with E-state index in [1.165, 1.54) is 9.75 Å². The molecular formula is C17H23N5OS. The molecule has 0 aliphatic heterocycles. The molecule has 0 aliphatic rings. The zero-order chi connectivity index (χ0) is 17.4. The van der Waals surface area contributed by atoms with Crippen molar-refractivity contribution in [3.8, 4) is 0 Å². The van der Waals surface area contributed by atoms with Gasteiger partial charge >= 0.3 is 0 Å². The number of rotatable bonds is 6. The van der Waals surface area contributed by atoms with Gasteiger partial charge in [0.05, 0.1) is 18.4 Å². The number of nitrogens with zero attached hydrogens (tertiary/aromatic N) is 2. The molecule has 0 radical (unpaired) electrons. The number of thiophene rings is 1. The van der Waals surface area contributed by atoms with Gasteiger partial charge in [-0.25, -0.2) is 0 Å². The Balaban J connectivity index is 1.76. The SMILES string of the molecule is CN=C(NCC(=O)Nc1cccnc1)NC(C)Cc1ccc(C)s1. The number of hydrogen-bond donors (Lipinski definition) is 3. The molecule has 0 bridgehead atoms. The van der Waals surface area contributed by atoms with E-state index in [4.69, 9.17) is 0 Å². The van der Waals surface area contributed by atoms with Crippen molar-refractivity contribution in [3.63, 3.8) is 0 Å². The molecule has 128 valence electrons. The number of aromatic nitrogens is 1. The lowest BCUT2D eigenvalue weighted by atomic mass is 10.2. The zero-order valence-electron chi connectivity index (χ0n) is 14.2. The molecule has 0 saturated carbocycles. The van der Waals surface area contributed by atoms with Crippen LogP contribution in [0.15, 0.2) is 41.7 Å². The van der Waals surface area contributed by atoms with Crippen LogP contribution < -0.4 is 16.0 Å². The monoisotopic (exact) mass is 345 g/mol. The summed E-state index contributed by atoms with van der Waals surface area (Å²) in [5.74, 6) is 0.463. The van der Waals surface area contributed by atoms with Gasteiger partial charge in [0.25, 0.3) is 0 Å². The molecule has 0 saturated heterocycles. The summed E-state index contributed by atoms with van der Waals surface area (Å²) < 4.78 is 0. The summed E-state index contributed by atoms with van der Waals surface area (Å²) in [7, 11) is 1.69. The number of carbonyl (C=O) groups excluding carboxylic acids is 1. The number of guanidine groups is 1. The largest absolute Gasteiger partial charge is 0.354 e. The van der Waals surface area contributed by atoms with Crippen LogP contribution in [0, 0.1) is 6.92 Å². The summed E-state index contributed by atoms with van der Waals surface area (Å²) in [6.07, 6.45) is 4.19. The Hall–Kier alpha value is -2.41. The van der Waals surface area contributed by atoms with Crippen LogP contribution in [0.25, 0.3) is 0 Å². The number of aliphatic imine (C=N–C) groups is 1. The predicted molar refractivity (Wildman–Crippen MR) is 99.6 cm³/mol. The van der Waals surface area contributed by atoms with E-state index in [1.54, 1.807) is 42.9 Å². The Morgan fingerprint density at radius 1 is 1.38 bits per heavy atom. The first-order chi connectivity index (χ1) is 11.6. The summed E-state index contributed by atoms with van der Waals surface area (Å²) >= 11 is 1.80. The first-order valence-electron chi connectivity index (χ1n) is 7.79. The molecule has 1 amide bonds. The maximum atomic E-state index is 11.9. The Bertz CT molecular complexity index is 683. The van der Waals surface area contributed by atoms with Crippen molar-refractivity contribution in [1.29, 1.82) is 0 Å². The van der Waals surface area contributed by atoms with Crippen molar-refractivity contribution in [2.24, 2.45) is 4.99 Å². The van der Waals surface area contributed by atoms with Gasteiger partial charge < -0.3 is 16.0 Å². The van der Waals surface area contributed by atoms with Crippen LogP contribution in [0.3, 0.4) is 0 Å². The number of anilines is 1. The molecular weight excluding hydrogens is 322 g/mol. The minimum absolute atomic E-state index is 0.138. The molecule has 2 heterocycles. The number of amides is 1. The van der Waals surface area contributed by atoms with Gasteiger partial charge in [0.1, 0.15) is 0 Å². The average Bonchev–Trinajstić information content (AvgIpc) is 2.97. The minimum atomic E-state index is -0.146. The molecule has 7 heteroatoms. The third-order valence-corrected chi connectivity index (χ3v) is 4.29. The molecule has 2 aromatic rings. The quantitative estimate of drug-likeness (QED) is 0.554. The third-order valence-electron chi connectivity index (χ3n) is 3.27. The van der Waals surface area contributed by atoms with Crippen molar-refractivity contribution >= 4 is 28.9 Å². The van der Waals surface area contributed by atoms with E-state index in [0.29, 0.717) is 11.6 Å². The number of hydrogen-bond acceptors (Lipinski definition) is 4. The highest BCUT2D eigenvalue weighted by atomic mass is 32.1. The van der Waals surface area contributed by atoms with E-state index in [-0.39, 0.29) is 18.5 Å². The minimum Gasteiger partial charge on any atom is -0.354 e. The Kier molecular flexibility index (Phi) is 6.74. The van der Waals surface area contributed by atoms with Crippen LogP contribution >= 0.6 is 11.3 Å². The molecule has 0 aliphatic carbocycles. The number of pyridine rings is 1. The van der Waals surface area contributed by atoms with E-state index in [2.05, 4.69) is 51.9 Å². The first-order valence-corrected chi connectivity index (χ1v) is 8.61. The fraction of sp³-hybridized carbons (Fsp3) is 0.353. The van der Waals surface area contributed by atoms with E-state index < -0.39 is 0 Å². The summed E-state index contributed by atoms with van der Waals surface area (Å²) in [5, 5.41) is 9.09. The predicted octanol–water partition coefficient (Wildman–Crippen LogP) is 2.19. The van der Waals surface area contributed by atoms with Crippen LogP contribution in [-0.2, 0) is 11.2 Å². The van der Waals surface area contributed by atoms with Gasteiger partial charge in [0.2, 0.25) is 5.91 Å². The third kappa shape index (κ3) is 6.00. The highest BCUT2D eigenvalue weighted by molar-refractivity contribution is 7.11. The first kappa shape index (κ1) is 17.9. The highest BCUT2D eigenvalue weighted by Gasteiger charge is 2.09. The molecule has 0 spiro atoms. The van der Waals surface area contributed by atoms with Gasteiger partial charge in [0, 0.05) is 35.5 Å².